The molecule has 144 valence electrons. The highest BCUT2D eigenvalue weighted by molar-refractivity contribution is 5.89. The standard InChI is InChI=1S/C22H22N2O4/c1-2-27-22(26)15-7-9-16(10-8-15)28-14-21(25)24-12-11-20-18(13-24)17-5-3-4-6-19(17)23-20/h3-10,23H,2,11-14H2,1H3. The van der Waals surface area contributed by atoms with Gasteiger partial charge in [0.2, 0.25) is 0 Å². The van der Waals surface area contributed by atoms with Gasteiger partial charge in [0.25, 0.3) is 5.91 Å². The summed E-state index contributed by atoms with van der Waals surface area (Å²) in [5, 5.41) is 1.17. The van der Waals surface area contributed by atoms with Gasteiger partial charge in [-0.2, -0.15) is 0 Å². The molecule has 4 rings (SSSR count). The number of para-hydroxylation sites is 1. The number of carbonyl (C=O) groups is 2. The lowest BCUT2D eigenvalue weighted by atomic mass is 10.0. The average molecular weight is 378 g/mol. The van der Waals surface area contributed by atoms with Crippen molar-refractivity contribution < 1.29 is 19.1 Å². The Balaban J connectivity index is 1.37. The quantitative estimate of drug-likeness (QED) is 0.692. The second-order valence-corrected chi connectivity index (χ2v) is 6.73. The van der Waals surface area contributed by atoms with Crippen molar-refractivity contribution in [2.24, 2.45) is 0 Å². The first-order valence-corrected chi connectivity index (χ1v) is 9.42. The fourth-order valence-electron chi connectivity index (χ4n) is 3.52. The number of H-pyrrole nitrogens is 1. The summed E-state index contributed by atoms with van der Waals surface area (Å²) in [6.45, 7) is 3.32. The van der Waals surface area contributed by atoms with Gasteiger partial charge >= 0.3 is 5.97 Å². The number of carbonyl (C=O) groups excluding carboxylic acids is 2. The number of fused-ring (bicyclic) bond motifs is 3. The van der Waals surface area contributed by atoms with E-state index in [4.69, 9.17) is 9.47 Å². The molecular formula is C22H22N2O4. The van der Waals surface area contributed by atoms with Crippen LogP contribution in [0.25, 0.3) is 10.9 Å². The van der Waals surface area contributed by atoms with E-state index in [-0.39, 0.29) is 18.5 Å². The predicted octanol–water partition coefficient (Wildman–Crippen LogP) is 3.31. The SMILES string of the molecule is CCOC(=O)c1ccc(OCC(=O)N2CCc3[nH]c4ccccc4c3C2)cc1. The van der Waals surface area contributed by atoms with Crippen molar-refractivity contribution in [1.82, 2.24) is 9.88 Å². The summed E-state index contributed by atoms with van der Waals surface area (Å²) in [4.78, 5) is 29.6. The number of hydrogen-bond acceptors (Lipinski definition) is 4. The van der Waals surface area contributed by atoms with Gasteiger partial charge in [-0.15, -0.1) is 0 Å². The molecule has 0 saturated carbocycles. The molecule has 0 bridgehead atoms. The van der Waals surface area contributed by atoms with Crippen LogP contribution in [0.15, 0.2) is 48.5 Å². The number of nitrogens with zero attached hydrogens (tertiary/aromatic N) is 1. The maximum atomic E-state index is 12.6. The smallest absolute Gasteiger partial charge is 0.338 e. The third-order valence-corrected chi connectivity index (χ3v) is 4.96. The van der Waals surface area contributed by atoms with Crippen LogP contribution in [-0.4, -0.2) is 41.5 Å². The third-order valence-electron chi connectivity index (χ3n) is 4.96. The Kier molecular flexibility index (Phi) is 5.02. The highest BCUT2D eigenvalue weighted by atomic mass is 16.5. The van der Waals surface area contributed by atoms with Gasteiger partial charge < -0.3 is 19.4 Å². The van der Waals surface area contributed by atoms with E-state index in [0.29, 0.717) is 31.0 Å². The zero-order valence-corrected chi connectivity index (χ0v) is 15.7. The van der Waals surface area contributed by atoms with Crippen molar-refractivity contribution in [3.05, 3.63) is 65.4 Å². The van der Waals surface area contributed by atoms with Gasteiger partial charge in [-0.05, 0) is 37.3 Å². The van der Waals surface area contributed by atoms with E-state index in [1.165, 1.54) is 16.6 Å². The minimum absolute atomic E-state index is 0.0313. The van der Waals surface area contributed by atoms with Crippen molar-refractivity contribution >= 4 is 22.8 Å². The van der Waals surface area contributed by atoms with Crippen LogP contribution in [0.3, 0.4) is 0 Å². The summed E-state index contributed by atoms with van der Waals surface area (Å²) in [5.41, 5.74) is 3.97. The number of aromatic nitrogens is 1. The number of nitrogens with one attached hydrogen (secondary N) is 1. The third kappa shape index (κ3) is 3.58. The lowest BCUT2D eigenvalue weighted by Crippen LogP contribution is -2.38. The highest BCUT2D eigenvalue weighted by Crippen LogP contribution is 2.27. The highest BCUT2D eigenvalue weighted by Gasteiger charge is 2.24. The van der Waals surface area contributed by atoms with E-state index in [1.54, 1.807) is 31.2 Å². The number of aromatic amines is 1. The minimum Gasteiger partial charge on any atom is -0.484 e. The molecule has 0 spiro atoms. The molecule has 1 N–H and O–H groups in total. The van der Waals surface area contributed by atoms with E-state index in [0.717, 1.165) is 11.9 Å². The van der Waals surface area contributed by atoms with Crippen molar-refractivity contribution in [3.8, 4) is 5.75 Å². The van der Waals surface area contributed by atoms with E-state index >= 15 is 0 Å². The molecule has 2 heterocycles. The second kappa shape index (κ2) is 7.76. The van der Waals surface area contributed by atoms with E-state index in [1.807, 2.05) is 17.0 Å². The van der Waals surface area contributed by atoms with Crippen LogP contribution < -0.4 is 4.74 Å². The second-order valence-electron chi connectivity index (χ2n) is 6.73. The molecule has 1 aromatic heterocycles. The summed E-state index contributed by atoms with van der Waals surface area (Å²) < 4.78 is 10.6. The van der Waals surface area contributed by atoms with Gasteiger partial charge in [-0.25, -0.2) is 4.79 Å². The van der Waals surface area contributed by atoms with Crippen LogP contribution in [0.2, 0.25) is 0 Å². The van der Waals surface area contributed by atoms with Gasteiger partial charge in [-0.3, -0.25) is 4.79 Å². The van der Waals surface area contributed by atoms with Gasteiger partial charge in [0.05, 0.1) is 12.2 Å². The molecule has 1 amide bonds. The Morgan fingerprint density at radius 3 is 2.68 bits per heavy atom. The van der Waals surface area contributed by atoms with E-state index in [2.05, 4.69) is 17.1 Å². The predicted molar refractivity (Wildman–Crippen MR) is 105 cm³/mol. The summed E-state index contributed by atoms with van der Waals surface area (Å²) >= 11 is 0. The molecule has 1 aliphatic heterocycles. The van der Waals surface area contributed by atoms with Crippen LogP contribution in [0, 0.1) is 0 Å². The number of hydrogen-bond donors (Lipinski definition) is 1. The maximum Gasteiger partial charge on any atom is 0.338 e. The maximum absolute atomic E-state index is 12.6. The Labute approximate surface area is 163 Å². The lowest BCUT2D eigenvalue weighted by molar-refractivity contribution is -0.134. The molecular weight excluding hydrogens is 356 g/mol. The molecule has 1 aliphatic rings. The van der Waals surface area contributed by atoms with Crippen molar-refractivity contribution in [3.63, 3.8) is 0 Å². The van der Waals surface area contributed by atoms with Crippen LogP contribution in [0.1, 0.15) is 28.5 Å². The summed E-state index contributed by atoms with van der Waals surface area (Å²) in [5.74, 6) is 0.129. The molecule has 0 saturated heterocycles. The zero-order chi connectivity index (χ0) is 19.5. The van der Waals surface area contributed by atoms with Gasteiger partial charge in [-0.1, -0.05) is 18.2 Å². The number of benzene rings is 2. The fourth-order valence-corrected chi connectivity index (χ4v) is 3.52. The number of rotatable bonds is 5. The fraction of sp³-hybridized carbons (Fsp3) is 0.273. The average Bonchev–Trinajstić information content (AvgIpc) is 3.10. The molecule has 0 fully saturated rings. The van der Waals surface area contributed by atoms with Gasteiger partial charge in [0, 0.05) is 41.7 Å². The van der Waals surface area contributed by atoms with Crippen LogP contribution >= 0.6 is 0 Å². The molecule has 0 aliphatic carbocycles. The largest absolute Gasteiger partial charge is 0.484 e. The molecule has 2 aromatic carbocycles. The van der Waals surface area contributed by atoms with E-state index < -0.39 is 0 Å². The molecule has 3 aromatic rings. The Morgan fingerprint density at radius 2 is 1.89 bits per heavy atom. The Hall–Kier alpha value is -3.28. The van der Waals surface area contributed by atoms with Crippen LogP contribution in [0.5, 0.6) is 5.75 Å². The Bertz CT molecular complexity index is 1010. The van der Waals surface area contributed by atoms with Gasteiger partial charge in [0.1, 0.15) is 5.75 Å². The molecule has 6 heteroatoms. The first-order chi connectivity index (χ1) is 13.7. The number of amides is 1. The zero-order valence-electron chi connectivity index (χ0n) is 15.7. The topological polar surface area (TPSA) is 71.6 Å². The Morgan fingerprint density at radius 1 is 1.11 bits per heavy atom. The minimum atomic E-state index is -0.368. The van der Waals surface area contributed by atoms with Crippen LogP contribution in [-0.2, 0) is 22.5 Å². The number of esters is 1. The first-order valence-electron chi connectivity index (χ1n) is 9.42. The summed E-state index contributed by atoms with van der Waals surface area (Å²) in [7, 11) is 0. The molecule has 28 heavy (non-hydrogen) atoms. The molecule has 0 unspecified atom stereocenters. The monoisotopic (exact) mass is 378 g/mol. The summed E-state index contributed by atoms with van der Waals surface area (Å²) in [6.07, 6.45) is 0.810. The first kappa shape index (κ1) is 18.1. The van der Waals surface area contributed by atoms with Crippen molar-refractivity contribution in [2.75, 3.05) is 19.8 Å². The summed E-state index contributed by atoms with van der Waals surface area (Å²) in [6, 6.07) is 14.8. The lowest BCUT2D eigenvalue weighted by Gasteiger charge is -2.27. The molecule has 0 atom stereocenters. The molecule has 0 radical (unpaired) electrons. The van der Waals surface area contributed by atoms with Crippen LogP contribution in [0.4, 0.5) is 0 Å². The normalized spacial score (nSPS) is 13.2. The van der Waals surface area contributed by atoms with Gasteiger partial charge in [0.15, 0.2) is 6.61 Å². The van der Waals surface area contributed by atoms with Crippen molar-refractivity contribution in [1.29, 1.82) is 0 Å². The molecule has 6 nitrogen and oxygen atoms in total. The van der Waals surface area contributed by atoms with E-state index in [9.17, 15) is 9.59 Å². The van der Waals surface area contributed by atoms with Crippen molar-refractivity contribution in [2.45, 2.75) is 19.9 Å². The number of ether oxygens (including phenoxy) is 2.